The first kappa shape index (κ1) is 15.8. The van der Waals surface area contributed by atoms with Crippen molar-refractivity contribution >= 4 is 17.7 Å². The van der Waals surface area contributed by atoms with Crippen LogP contribution in [0.3, 0.4) is 0 Å². The van der Waals surface area contributed by atoms with Crippen LogP contribution < -0.4 is 10.1 Å². The lowest BCUT2D eigenvalue weighted by Crippen LogP contribution is -2.32. The van der Waals surface area contributed by atoms with Crippen LogP contribution in [0.1, 0.15) is 18.4 Å². The molecule has 1 rings (SSSR count). The number of urea groups is 1. The molecule has 0 saturated carbocycles. The molecule has 0 unspecified atom stereocenters. The summed E-state index contributed by atoms with van der Waals surface area (Å²) in [5, 5.41) is 11.3. The number of nitrogens with one attached hydrogen (secondary N) is 1. The van der Waals surface area contributed by atoms with Gasteiger partial charge < -0.3 is 20.1 Å². The number of carbonyl (C=O) groups is 2. The summed E-state index contributed by atoms with van der Waals surface area (Å²) in [6, 6.07) is 5.21. The number of benzene rings is 1. The minimum Gasteiger partial charge on any atom is -0.495 e. The topological polar surface area (TPSA) is 78.9 Å². The smallest absolute Gasteiger partial charge is 0.321 e. The highest BCUT2D eigenvalue weighted by atomic mass is 16.5. The van der Waals surface area contributed by atoms with Crippen LogP contribution in [0, 0.1) is 6.92 Å². The summed E-state index contributed by atoms with van der Waals surface area (Å²) in [4.78, 5) is 23.9. The van der Waals surface area contributed by atoms with Crippen LogP contribution in [-0.2, 0) is 4.79 Å². The van der Waals surface area contributed by atoms with Gasteiger partial charge in [-0.15, -0.1) is 0 Å². The molecule has 0 bridgehead atoms. The van der Waals surface area contributed by atoms with Gasteiger partial charge in [0.1, 0.15) is 5.75 Å². The van der Waals surface area contributed by atoms with Crippen molar-refractivity contribution in [1.29, 1.82) is 0 Å². The molecular formula is C14H20N2O4. The van der Waals surface area contributed by atoms with Crippen LogP contribution in [0.2, 0.25) is 0 Å². The fourth-order valence-electron chi connectivity index (χ4n) is 1.70. The average molecular weight is 280 g/mol. The zero-order valence-corrected chi connectivity index (χ0v) is 12.0. The van der Waals surface area contributed by atoms with Crippen molar-refractivity contribution in [3.05, 3.63) is 23.8 Å². The summed E-state index contributed by atoms with van der Waals surface area (Å²) in [5.41, 5.74) is 1.61. The number of carboxylic acid groups (broad SMARTS) is 1. The van der Waals surface area contributed by atoms with Crippen LogP contribution in [-0.4, -0.2) is 42.7 Å². The van der Waals surface area contributed by atoms with Gasteiger partial charge >= 0.3 is 12.0 Å². The van der Waals surface area contributed by atoms with Crippen molar-refractivity contribution in [2.45, 2.75) is 19.8 Å². The second kappa shape index (κ2) is 7.37. The van der Waals surface area contributed by atoms with Crippen LogP contribution in [0.25, 0.3) is 0 Å². The van der Waals surface area contributed by atoms with E-state index in [1.54, 1.807) is 13.1 Å². The Labute approximate surface area is 118 Å². The van der Waals surface area contributed by atoms with Crippen molar-refractivity contribution in [3.8, 4) is 5.75 Å². The van der Waals surface area contributed by atoms with E-state index in [9.17, 15) is 9.59 Å². The molecule has 0 fully saturated rings. The molecule has 6 heteroatoms. The molecule has 20 heavy (non-hydrogen) atoms. The van der Waals surface area contributed by atoms with Crippen molar-refractivity contribution in [2.75, 3.05) is 26.0 Å². The summed E-state index contributed by atoms with van der Waals surface area (Å²) < 4.78 is 5.18. The van der Waals surface area contributed by atoms with E-state index in [4.69, 9.17) is 9.84 Å². The molecule has 2 amide bonds. The van der Waals surface area contributed by atoms with Gasteiger partial charge in [-0.25, -0.2) is 4.79 Å². The summed E-state index contributed by atoms with van der Waals surface area (Å²) in [6.45, 7) is 2.30. The monoisotopic (exact) mass is 280 g/mol. The number of ether oxygens (including phenoxy) is 1. The molecule has 6 nitrogen and oxygen atoms in total. The van der Waals surface area contributed by atoms with E-state index in [1.807, 2.05) is 19.1 Å². The number of amides is 2. The molecule has 0 aliphatic rings. The number of carbonyl (C=O) groups excluding carboxylic acids is 1. The minimum atomic E-state index is -0.862. The van der Waals surface area contributed by atoms with E-state index in [-0.39, 0.29) is 12.5 Å². The molecule has 110 valence electrons. The number of hydrogen-bond donors (Lipinski definition) is 2. The quantitative estimate of drug-likeness (QED) is 0.838. The normalized spacial score (nSPS) is 9.95. The Bertz CT molecular complexity index is 488. The van der Waals surface area contributed by atoms with Gasteiger partial charge in [-0.1, -0.05) is 6.07 Å². The van der Waals surface area contributed by atoms with Gasteiger partial charge in [-0.3, -0.25) is 4.79 Å². The number of nitrogens with zero attached hydrogens (tertiary/aromatic N) is 1. The number of hydrogen-bond acceptors (Lipinski definition) is 3. The molecule has 2 N–H and O–H groups in total. The zero-order valence-electron chi connectivity index (χ0n) is 12.0. The van der Waals surface area contributed by atoms with Crippen molar-refractivity contribution in [1.82, 2.24) is 4.90 Å². The maximum Gasteiger partial charge on any atom is 0.321 e. The van der Waals surface area contributed by atoms with E-state index < -0.39 is 5.97 Å². The van der Waals surface area contributed by atoms with Gasteiger partial charge in [0.25, 0.3) is 0 Å². The Morgan fingerprint density at radius 2 is 2.10 bits per heavy atom. The largest absolute Gasteiger partial charge is 0.495 e. The molecule has 0 heterocycles. The summed E-state index contributed by atoms with van der Waals surface area (Å²) in [7, 11) is 3.16. The minimum absolute atomic E-state index is 0.0470. The third kappa shape index (κ3) is 4.79. The SMILES string of the molecule is COc1ccc(C)cc1NC(=O)N(C)CCCC(=O)O. The van der Waals surface area contributed by atoms with Crippen LogP contribution in [0.5, 0.6) is 5.75 Å². The van der Waals surface area contributed by atoms with Crippen molar-refractivity contribution < 1.29 is 19.4 Å². The maximum absolute atomic E-state index is 12.0. The van der Waals surface area contributed by atoms with Crippen LogP contribution in [0.15, 0.2) is 18.2 Å². The van der Waals surface area contributed by atoms with Crippen molar-refractivity contribution in [2.24, 2.45) is 0 Å². The molecule has 0 aliphatic heterocycles. The highest BCUT2D eigenvalue weighted by Crippen LogP contribution is 2.25. The predicted molar refractivity (Wildman–Crippen MR) is 76.2 cm³/mol. The van der Waals surface area contributed by atoms with E-state index in [1.165, 1.54) is 12.0 Å². The fraction of sp³-hybridized carbons (Fsp3) is 0.429. The van der Waals surface area contributed by atoms with Gasteiger partial charge in [-0.2, -0.15) is 0 Å². The Balaban J connectivity index is 2.61. The number of rotatable bonds is 6. The zero-order chi connectivity index (χ0) is 15.1. The Morgan fingerprint density at radius 1 is 1.40 bits per heavy atom. The highest BCUT2D eigenvalue weighted by molar-refractivity contribution is 5.91. The predicted octanol–water partition coefficient (Wildman–Crippen LogP) is 2.33. The van der Waals surface area contributed by atoms with Gasteiger partial charge in [0.15, 0.2) is 0 Å². The Hall–Kier alpha value is -2.24. The third-order valence-corrected chi connectivity index (χ3v) is 2.83. The second-order valence-electron chi connectivity index (χ2n) is 4.55. The number of aryl methyl sites for hydroxylation is 1. The van der Waals surface area contributed by atoms with Gasteiger partial charge in [0.05, 0.1) is 12.8 Å². The number of methoxy groups -OCH3 is 1. The standard InChI is InChI=1S/C14H20N2O4/c1-10-6-7-12(20-3)11(9-10)15-14(19)16(2)8-4-5-13(17)18/h6-7,9H,4-5,8H2,1-3H3,(H,15,19)(H,17,18). The Kier molecular flexibility index (Phi) is 5.83. The molecule has 0 radical (unpaired) electrons. The van der Waals surface area contributed by atoms with E-state index in [0.717, 1.165) is 5.56 Å². The summed E-state index contributed by atoms with van der Waals surface area (Å²) >= 11 is 0. The van der Waals surface area contributed by atoms with E-state index in [2.05, 4.69) is 5.32 Å². The molecular weight excluding hydrogens is 260 g/mol. The number of carboxylic acids is 1. The maximum atomic E-state index is 12.0. The molecule has 0 aromatic heterocycles. The molecule has 1 aromatic rings. The van der Waals surface area contributed by atoms with Crippen LogP contribution in [0.4, 0.5) is 10.5 Å². The lowest BCUT2D eigenvalue weighted by molar-refractivity contribution is -0.137. The number of anilines is 1. The van der Waals surface area contributed by atoms with E-state index in [0.29, 0.717) is 24.4 Å². The second-order valence-corrected chi connectivity index (χ2v) is 4.55. The lowest BCUT2D eigenvalue weighted by atomic mass is 10.2. The molecule has 0 aliphatic carbocycles. The molecule has 1 aromatic carbocycles. The highest BCUT2D eigenvalue weighted by Gasteiger charge is 2.12. The summed E-state index contributed by atoms with van der Waals surface area (Å²) in [6.07, 6.45) is 0.468. The van der Waals surface area contributed by atoms with Crippen LogP contribution >= 0.6 is 0 Å². The molecule has 0 saturated heterocycles. The fourth-order valence-corrected chi connectivity index (χ4v) is 1.70. The van der Waals surface area contributed by atoms with Gasteiger partial charge in [0, 0.05) is 20.0 Å². The van der Waals surface area contributed by atoms with E-state index >= 15 is 0 Å². The average Bonchev–Trinajstić information content (AvgIpc) is 2.38. The summed E-state index contributed by atoms with van der Waals surface area (Å²) in [5.74, 6) is -0.276. The Morgan fingerprint density at radius 3 is 2.70 bits per heavy atom. The first-order valence-corrected chi connectivity index (χ1v) is 6.32. The molecule has 0 spiro atoms. The molecule has 0 atom stereocenters. The van der Waals surface area contributed by atoms with Crippen molar-refractivity contribution in [3.63, 3.8) is 0 Å². The first-order chi connectivity index (χ1) is 9.43. The first-order valence-electron chi connectivity index (χ1n) is 6.32. The van der Waals surface area contributed by atoms with Gasteiger partial charge in [-0.05, 0) is 31.0 Å². The third-order valence-electron chi connectivity index (χ3n) is 2.83. The lowest BCUT2D eigenvalue weighted by Gasteiger charge is -2.19. The number of aliphatic carboxylic acids is 1. The van der Waals surface area contributed by atoms with Gasteiger partial charge in [0.2, 0.25) is 0 Å².